The SMILES string of the molecule is NC(=O)[C@@H]1CCCN1c1nc(Nc2cc(C3CC3)[nH]n2)c2ccc(CN3CCCC3)n2n1. The maximum atomic E-state index is 12.0. The topological polar surface area (TPSA) is 120 Å². The first-order valence-electron chi connectivity index (χ1n) is 11.6. The van der Waals surface area contributed by atoms with Gasteiger partial charge in [-0.1, -0.05) is 0 Å². The van der Waals surface area contributed by atoms with Crippen molar-refractivity contribution in [2.24, 2.45) is 5.73 Å². The molecule has 0 radical (unpaired) electrons. The first kappa shape index (κ1) is 19.5. The lowest BCUT2D eigenvalue weighted by atomic mass is 10.2. The van der Waals surface area contributed by atoms with Gasteiger partial charge in [-0.05, 0) is 63.7 Å². The highest BCUT2D eigenvalue weighted by Gasteiger charge is 2.32. The van der Waals surface area contributed by atoms with E-state index in [4.69, 9.17) is 15.8 Å². The summed E-state index contributed by atoms with van der Waals surface area (Å²) < 4.78 is 1.97. The minimum atomic E-state index is -0.371. The number of anilines is 3. The molecule has 1 amide bonds. The number of rotatable bonds is 7. The van der Waals surface area contributed by atoms with E-state index in [1.54, 1.807) is 0 Å². The van der Waals surface area contributed by atoms with Gasteiger partial charge in [0.15, 0.2) is 11.6 Å². The summed E-state index contributed by atoms with van der Waals surface area (Å²) in [6.07, 6.45) is 6.54. The van der Waals surface area contributed by atoms with E-state index in [0.717, 1.165) is 61.7 Å². The lowest BCUT2D eigenvalue weighted by Gasteiger charge is -2.23. The molecule has 3 aliphatic rings. The van der Waals surface area contributed by atoms with Gasteiger partial charge in [0.2, 0.25) is 11.9 Å². The van der Waals surface area contributed by atoms with E-state index in [1.807, 2.05) is 9.42 Å². The molecule has 1 atom stereocenters. The Bertz CT molecular complexity index is 1140. The zero-order valence-corrected chi connectivity index (χ0v) is 18.1. The number of primary amides is 1. The van der Waals surface area contributed by atoms with E-state index < -0.39 is 0 Å². The molecule has 3 aromatic rings. The van der Waals surface area contributed by atoms with Crippen molar-refractivity contribution < 1.29 is 4.79 Å². The van der Waals surface area contributed by atoms with Crippen LogP contribution >= 0.6 is 0 Å². The molecule has 10 heteroatoms. The monoisotopic (exact) mass is 435 g/mol. The third-order valence-corrected chi connectivity index (χ3v) is 6.86. The molecule has 3 fully saturated rings. The highest BCUT2D eigenvalue weighted by Crippen LogP contribution is 2.40. The summed E-state index contributed by atoms with van der Waals surface area (Å²) >= 11 is 0. The highest BCUT2D eigenvalue weighted by atomic mass is 16.1. The zero-order valence-electron chi connectivity index (χ0n) is 18.1. The van der Waals surface area contributed by atoms with Crippen molar-refractivity contribution in [3.63, 3.8) is 0 Å². The molecule has 5 heterocycles. The van der Waals surface area contributed by atoms with Crippen molar-refractivity contribution >= 4 is 29.0 Å². The van der Waals surface area contributed by atoms with Crippen molar-refractivity contribution in [1.29, 1.82) is 0 Å². The van der Waals surface area contributed by atoms with Crippen LogP contribution in [0.3, 0.4) is 0 Å². The Balaban J connectivity index is 1.39. The average molecular weight is 436 g/mol. The summed E-state index contributed by atoms with van der Waals surface area (Å²) in [5.74, 6) is 2.23. The zero-order chi connectivity index (χ0) is 21.7. The van der Waals surface area contributed by atoms with Crippen LogP contribution in [-0.4, -0.2) is 61.3 Å². The van der Waals surface area contributed by atoms with Crippen LogP contribution in [0.15, 0.2) is 18.2 Å². The number of nitrogens with one attached hydrogen (secondary N) is 2. The van der Waals surface area contributed by atoms with Crippen molar-refractivity contribution in [2.45, 2.75) is 57.0 Å². The number of fused-ring (bicyclic) bond motifs is 1. The number of H-pyrrole nitrogens is 1. The molecule has 2 saturated heterocycles. The molecular formula is C22H29N9O. The van der Waals surface area contributed by atoms with Gasteiger partial charge in [0, 0.05) is 30.8 Å². The highest BCUT2D eigenvalue weighted by molar-refractivity contribution is 5.84. The number of hydrogen-bond donors (Lipinski definition) is 3. The van der Waals surface area contributed by atoms with Gasteiger partial charge in [0.05, 0.1) is 5.69 Å². The molecule has 32 heavy (non-hydrogen) atoms. The number of aromatic amines is 1. The molecule has 3 aromatic heterocycles. The molecule has 1 aliphatic carbocycles. The molecule has 2 aliphatic heterocycles. The molecule has 0 spiro atoms. The Morgan fingerprint density at radius 2 is 2.00 bits per heavy atom. The van der Waals surface area contributed by atoms with Crippen LogP contribution in [0.4, 0.5) is 17.6 Å². The van der Waals surface area contributed by atoms with Crippen LogP contribution in [0.2, 0.25) is 0 Å². The van der Waals surface area contributed by atoms with E-state index in [0.29, 0.717) is 17.7 Å². The second-order valence-electron chi connectivity index (χ2n) is 9.23. The first-order chi connectivity index (χ1) is 15.7. The van der Waals surface area contributed by atoms with Crippen LogP contribution in [0.5, 0.6) is 0 Å². The number of hydrogen-bond acceptors (Lipinski definition) is 7. The minimum absolute atomic E-state index is 0.327. The van der Waals surface area contributed by atoms with Crippen molar-refractivity contribution in [2.75, 3.05) is 29.9 Å². The number of likely N-dealkylation sites (tertiary alicyclic amines) is 1. The van der Waals surface area contributed by atoms with E-state index in [-0.39, 0.29) is 11.9 Å². The van der Waals surface area contributed by atoms with Crippen LogP contribution in [0.1, 0.15) is 55.8 Å². The van der Waals surface area contributed by atoms with Gasteiger partial charge in [-0.25, -0.2) is 4.52 Å². The van der Waals surface area contributed by atoms with Gasteiger partial charge in [-0.3, -0.25) is 14.8 Å². The van der Waals surface area contributed by atoms with E-state index in [2.05, 4.69) is 38.6 Å². The van der Waals surface area contributed by atoms with Crippen molar-refractivity contribution in [1.82, 2.24) is 29.7 Å². The van der Waals surface area contributed by atoms with Crippen LogP contribution in [0.25, 0.3) is 5.52 Å². The predicted octanol–water partition coefficient (Wildman–Crippen LogP) is 2.12. The maximum Gasteiger partial charge on any atom is 0.246 e. The van der Waals surface area contributed by atoms with Gasteiger partial charge in [-0.2, -0.15) is 10.1 Å². The molecule has 4 N–H and O–H groups in total. The fourth-order valence-electron chi connectivity index (χ4n) is 4.97. The molecule has 168 valence electrons. The molecule has 0 unspecified atom stereocenters. The largest absolute Gasteiger partial charge is 0.368 e. The Morgan fingerprint density at radius 1 is 1.16 bits per heavy atom. The van der Waals surface area contributed by atoms with Gasteiger partial charge in [0.1, 0.15) is 11.6 Å². The first-order valence-corrected chi connectivity index (χ1v) is 11.6. The summed E-state index contributed by atoms with van der Waals surface area (Å²) in [6.45, 7) is 3.79. The Hall–Kier alpha value is -3.14. The van der Waals surface area contributed by atoms with E-state index in [1.165, 1.54) is 25.7 Å². The summed E-state index contributed by atoms with van der Waals surface area (Å²) in [4.78, 5) is 21.2. The molecule has 10 nitrogen and oxygen atoms in total. The molecule has 0 aromatic carbocycles. The third-order valence-electron chi connectivity index (χ3n) is 6.86. The number of nitrogens with two attached hydrogens (primary N) is 1. The second-order valence-corrected chi connectivity index (χ2v) is 9.23. The summed E-state index contributed by atoms with van der Waals surface area (Å²) in [5, 5.41) is 15.8. The van der Waals surface area contributed by atoms with Crippen molar-refractivity contribution in [3.8, 4) is 0 Å². The average Bonchev–Trinajstić information content (AvgIpc) is 3.24. The van der Waals surface area contributed by atoms with Gasteiger partial charge in [-0.15, -0.1) is 5.10 Å². The Labute approximate surface area is 186 Å². The smallest absolute Gasteiger partial charge is 0.246 e. The number of carbonyl (C=O) groups is 1. The summed E-state index contributed by atoms with van der Waals surface area (Å²) in [7, 11) is 0. The predicted molar refractivity (Wildman–Crippen MR) is 121 cm³/mol. The standard InChI is InChI=1S/C22H29N9O/c23-20(32)17-4-3-11-30(17)22-25-21(24-19-12-16(26-27-19)14-5-6-14)18-8-7-15(31(18)28-22)13-29-9-1-2-10-29/h7-8,12,14,17H,1-6,9-11,13H2,(H2,23,32)(H2,24,25,26,27,28)/t17-/m0/s1. The summed E-state index contributed by atoms with van der Waals surface area (Å²) in [5.41, 5.74) is 8.85. The minimum Gasteiger partial charge on any atom is -0.368 e. The second kappa shape index (κ2) is 7.77. The summed E-state index contributed by atoms with van der Waals surface area (Å²) in [6, 6.07) is 5.87. The number of carbonyl (C=O) groups excluding carboxylic acids is 1. The lowest BCUT2D eigenvalue weighted by Crippen LogP contribution is -2.41. The van der Waals surface area contributed by atoms with E-state index in [9.17, 15) is 4.79 Å². The van der Waals surface area contributed by atoms with Crippen LogP contribution < -0.4 is 16.0 Å². The van der Waals surface area contributed by atoms with Crippen LogP contribution in [-0.2, 0) is 11.3 Å². The number of amides is 1. The fourth-order valence-corrected chi connectivity index (χ4v) is 4.97. The van der Waals surface area contributed by atoms with E-state index >= 15 is 0 Å². The third kappa shape index (κ3) is 3.58. The van der Waals surface area contributed by atoms with Crippen LogP contribution in [0, 0.1) is 0 Å². The lowest BCUT2D eigenvalue weighted by molar-refractivity contribution is -0.119. The normalized spacial score (nSPS) is 21.6. The Morgan fingerprint density at radius 3 is 2.78 bits per heavy atom. The molecule has 0 bridgehead atoms. The number of aromatic nitrogens is 5. The molecule has 1 saturated carbocycles. The van der Waals surface area contributed by atoms with Crippen molar-refractivity contribution in [3.05, 3.63) is 29.6 Å². The molecule has 6 rings (SSSR count). The van der Waals surface area contributed by atoms with Gasteiger partial charge >= 0.3 is 0 Å². The van der Waals surface area contributed by atoms with Gasteiger partial charge in [0.25, 0.3) is 0 Å². The quantitative estimate of drug-likeness (QED) is 0.520. The van der Waals surface area contributed by atoms with Gasteiger partial charge < -0.3 is 16.0 Å². The Kier molecular flexibility index (Phi) is 4.74. The number of nitrogens with zero attached hydrogens (tertiary/aromatic N) is 6. The molecular weight excluding hydrogens is 406 g/mol. The maximum absolute atomic E-state index is 12.0. The fraction of sp³-hybridized carbons (Fsp3) is 0.545.